The molecule has 6 nitrogen and oxygen atoms in total. The number of piperidine rings is 1. The second-order valence-electron chi connectivity index (χ2n) is 9.91. The van der Waals surface area contributed by atoms with Crippen LogP contribution in [0.1, 0.15) is 58.1 Å². The highest BCUT2D eigenvalue weighted by Gasteiger charge is 2.41. The standard InChI is InChI=1S/C26H32N2O4S/c1-18(29)33-17-19-5-7-22(27-16-19)20-6-8-23-21(15-20)9-10-26(31-23)11-13-28(14-12-26)24(30)32-25(2,3)4/h5-8,15-16H,9-14,17H2,1-4H3. The van der Waals surface area contributed by atoms with Gasteiger partial charge < -0.3 is 14.4 Å². The first kappa shape index (κ1) is 23.6. The lowest BCUT2D eigenvalue weighted by atomic mass is 9.83. The van der Waals surface area contributed by atoms with Gasteiger partial charge in [0.05, 0.1) is 5.69 Å². The molecule has 4 rings (SSSR count). The van der Waals surface area contributed by atoms with E-state index in [9.17, 15) is 9.59 Å². The molecule has 2 aromatic rings. The fourth-order valence-corrected chi connectivity index (χ4v) is 4.86. The number of hydrogen-bond donors (Lipinski definition) is 0. The number of pyridine rings is 1. The van der Waals surface area contributed by atoms with Crippen LogP contribution in [0.2, 0.25) is 0 Å². The number of carbonyl (C=O) groups excluding carboxylic acids is 2. The van der Waals surface area contributed by atoms with Crippen molar-refractivity contribution in [3.63, 3.8) is 0 Å². The van der Waals surface area contributed by atoms with Gasteiger partial charge in [-0.15, -0.1) is 0 Å². The summed E-state index contributed by atoms with van der Waals surface area (Å²) in [5.41, 5.74) is 3.54. The van der Waals surface area contributed by atoms with Gasteiger partial charge in [0, 0.05) is 50.4 Å². The molecule has 2 aliphatic heterocycles. The molecular formula is C26H32N2O4S. The Bertz CT molecular complexity index is 1020. The van der Waals surface area contributed by atoms with Gasteiger partial charge in [0.1, 0.15) is 17.0 Å². The van der Waals surface area contributed by atoms with Gasteiger partial charge >= 0.3 is 6.09 Å². The second kappa shape index (κ2) is 9.37. The van der Waals surface area contributed by atoms with Crippen molar-refractivity contribution in [3.8, 4) is 17.0 Å². The highest BCUT2D eigenvalue weighted by molar-refractivity contribution is 8.12. The zero-order valence-corrected chi connectivity index (χ0v) is 20.7. The lowest BCUT2D eigenvalue weighted by Crippen LogP contribution is -2.52. The SMILES string of the molecule is CC(=O)SCc1ccc(-c2ccc3c(c2)CCC2(CCN(C(=O)OC(C)(C)C)CC2)O3)nc1. The van der Waals surface area contributed by atoms with E-state index in [4.69, 9.17) is 9.47 Å². The molecule has 1 aromatic heterocycles. The van der Waals surface area contributed by atoms with Crippen LogP contribution in [-0.4, -0.2) is 45.4 Å². The van der Waals surface area contributed by atoms with Crippen LogP contribution >= 0.6 is 11.8 Å². The number of fused-ring (bicyclic) bond motifs is 1. The molecule has 33 heavy (non-hydrogen) atoms. The van der Waals surface area contributed by atoms with Crippen LogP contribution in [0.4, 0.5) is 4.79 Å². The van der Waals surface area contributed by atoms with Gasteiger partial charge in [0.25, 0.3) is 0 Å². The summed E-state index contributed by atoms with van der Waals surface area (Å²) in [6, 6.07) is 10.3. The first-order valence-corrected chi connectivity index (χ1v) is 12.5. The predicted molar refractivity (Wildman–Crippen MR) is 130 cm³/mol. The number of ether oxygens (including phenoxy) is 2. The summed E-state index contributed by atoms with van der Waals surface area (Å²) in [5.74, 6) is 1.58. The molecule has 1 spiro atoms. The predicted octanol–water partition coefficient (Wildman–Crippen LogP) is 5.62. The smallest absolute Gasteiger partial charge is 0.410 e. The van der Waals surface area contributed by atoms with Gasteiger partial charge in [-0.3, -0.25) is 9.78 Å². The summed E-state index contributed by atoms with van der Waals surface area (Å²) in [4.78, 5) is 29.9. The number of benzene rings is 1. The Hall–Kier alpha value is -2.54. The maximum atomic E-state index is 12.4. The Morgan fingerprint density at radius 3 is 2.55 bits per heavy atom. The minimum absolute atomic E-state index is 0.113. The number of thioether (sulfide) groups is 1. The van der Waals surface area contributed by atoms with Gasteiger partial charge in [0.2, 0.25) is 0 Å². The minimum atomic E-state index is -0.479. The number of nitrogens with zero attached hydrogens (tertiary/aromatic N) is 2. The van der Waals surface area contributed by atoms with Gasteiger partial charge in [-0.1, -0.05) is 17.8 Å². The number of rotatable bonds is 3. The first-order chi connectivity index (χ1) is 15.6. The Labute approximate surface area is 200 Å². The number of hydrogen-bond acceptors (Lipinski definition) is 6. The zero-order valence-electron chi connectivity index (χ0n) is 19.8. The maximum Gasteiger partial charge on any atom is 0.410 e. The Morgan fingerprint density at radius 1 is 1.15 bits per heavy atom. The molecule has 1 saturated heterocycles. The van der Waals surface area contributed by atoms with E-state index >= 15 is 0 Å². The molecule has 1 amide bonds. The van der Waals surface area contributed by atoms with Crippen LogP contribution in [-0.2, 0) is 21.7 Å². The topological polar surface area (TPSA) is 68.7 Å². The van der Waals surface area contributed by atoms with Gasteiger partial charge in [-0.05, 0) is 69.0 Å². The van der Waals surface area contributed by atoms with Crippen LogP contribution < -0.4 is 4.74 Å². The summed E-state index contributed by atoms with van der Waals surface area (Å²) in [7, 11) is 0. The molecule has 2 aliphatic rings. The average molecular weight is 469 g/mol. The van der Waals surface area contributed by atoms with Crippen molar-refractivity contribution in [2.24, 2.45) is 0 Å². The normalized spacial score (nSPS) is 17.3. The number of aromatic nitrogens is 1. The highest BCUT2D eigenvalue weighted by Crippen LogP contribution is 2.40. The Kier molecular flexibility index (Phi) is 6.71. The molecule has 7 heteroatoms. The molecule has 0 atom stereocenters. The third-order valence-corrected chi connectivity index (χ3v) is 7.01. The number of aryl methyl sites for hydroxylation is 1. The largest absolute Gasteiger partial charge is 0.487 e. The van der Waals surface area contributed by atoms with Crippen LogP contribution in [0.5, 0.6) is 5.75 Å². The number of carbonyl (C=O) groups is 2. The summed E-state index contributed by atoms with van der Waals surface area (Å²) in [5, 5.41) is 0.113. The van der Waals surface area contributed by atoms with E-state index in [0.29, 0.717) is 18.8 Å². The Balaban J connectivity index is 1.39. The van der Waals surface area contributed by atoms with E-state index in [1.54, 1.807) is 11.8 Å². The fraction of sp³-hybridized carbons (Fsp3) is 0.500. The first-order valence-electron chi connectivity index (χ1n) is 11.5. The van der Waals surface area contributed by atoms with E-state index in [1.165, 1.54) is 17.3 Å². The van der Waals surface area contributed by atoms with E-state index in [1.807, 2.05) is 45.2 Å². The molecular weight excluding hydrogens is 436 g/mol. The second-order valence-corrected chi connectivity index (χ2v) is 11.1. The highest BCUT2D eigenvalue weighted by atomic mass is 32.2. The molecule has 0 unspecified atom stereocenters. The number of amides is 1. The molecule has 1 aromatic carbocycles. The lowest BCUT2D eigenvalue weighted by Gasteiger charge is -2.44. The van der Waals surface area contributed by atoms with Gasteiger partial charge in [-0.2, -0.15) is 0 Å². The van der Waals surface area contributed by atoms with Crippen LogP contribution in [0.15, 0.2) is 36.5 Å². The van der Waals surface area contributed by atoms with E-state index in [-0.39, 0.29) is 16.8 Å². The molecule has 0 radical (unpaired) electrons. The van der Waals surface area contributed by atoms with Gasteiger partial charge in [-0.25, -0.2) is 4.79 Å². The summed E-state index contributed by atoms with van der Waals surface area (Å²) in [6.07, 6.45) is 5.12. The summed E-state index contributed by atoms with van der Waals surface area (Å²) in [6.45, 7) is 8.56. The van der Waals surface area contributed by atoms with Crippen LogP contribution in [0, 0.1) is 0 Å². The summed E-state index contributed by atoms with van der Waals surface area (Å²) < 4.78 is 12.0. The molecule has 0 N–H and O–H groups in total. The molecule has 0 saturated carbocycles. The molecule has 1 fully saturated rings. The van der Waals surface area contributed by atoms with Gasteiger partial charge in [0.15, 0.2) is 5.12 Å². The average Bonchev–Trinajstić information content (AvgIpc) is 2.77. The fourth-order valence-electron chi connectivity index (χ4n) is 4.32. The van der Waals surface area contributed by atoms with E-state index in [0.717, 1.165) is 48.3 Å². The van der Waals surface area contributed by atoms with Crippen molar-refractivity contribution in [2.75, 3.05) is 13.1 Å². The third-order valence-electron chi connectivity index (χ3n) is 6.13. The monoisotopic (exact) mass is 468 g/mol. The third kappa shape index (κ3) is 5.88. The van der Waals surface area contributed by atoms with Crippen LogP contribution in [0.25, 0.3) is 11.3 Å². The molecule has 0 bridgehead atoms. The van der Waals surface area contributed by atoms with Crippen molar-refractivity contribution >= 4 is 23.0 Å². The summed E-state index contributed by atoms with van der Waals surface area (Å²) >= 11 is 1.29. The van der Waals surface area contributed by atoms with Crippen molar-refractivity contribution < 1.29 is 19.1 Å². The van der Waals surface area contributed by atoms with Crippen molar-refractivity contribution in [1.82, 2.24) is 9.88 Å². The molecule has 3 heterocycles. The number of likely N-dealkylation sites (tertiary alicyclic amines) is 1. The van der Waals surface area contributed by atoms with E-state index in [2.05, 4.69) is 17.1 Å². The van der Waals surface area contributed by atoms with Crippen molar-refractivity contribution in [1.29, 1.82) is 0 Å². The van der Waals surface area contributed by atoms with Crippen molar-refractivity contribution in [3.05, 3.63) is 47.7 Å². The molecule has 176 valence electrons. The van der Waals surface area contributed by atoms with Crippen LogP contribution in [0.3, 0.4) is 0 Å². The van der Waals surface area contributed by atoms with Crippen molar-refractivity contribution in [2.45, 2.75) is 70.3 Å². The molecule has 0 aliphatic carbocycles. The maximum absolute atomic E-state index is 12.4. The lowest BCUT2D eigenvalue weighted by molar-refractivity contribution is -0.109. The minimum Gasteiger partial charge on any atom is -0.487 e. The quantitative estimate of drug-likeness (QED) is 0.582. The zero-order chi connectivity index (χ0) is 23.6. The van der Waals surface area contributed by atoms with E-state index < -0.39 is 5.60 Å². The Morgan fingerprint density at radius 2 is 1.91 bits per heavy atom.